The number of fused-ring (bicyclic) bond motifs is 3. The molecule has 21 heavy (non-hydrogen) atoms. The van der Waals surface area contributed by atoms with Gasteiger partial charge in [-0.2, -0.15) is 5.26 Å². The Hall–Kier alpha value is -2.60. The summed E-state index contributed by atoms with van der Waals surface area (Å²) < 4.78 is 4.73. The van der Waals surface area contributed by atoms with Crippen LogP contribution >= 0.6 is 0 Å². The van der Waals surface area contributed by atoms with Crippen molar-refractivity contribution >= 4 is 5.97 Å². The van der Waals surface area contributed by atoms with E-state index in [2.05, 4.69) is 6.07 Å². The number of hydrogen-bond acceptors (Lipinski definition) is 3. The molecular formula is C18H15NO2. The van der Waals surface area contributed by atoms with E-state index in [-0.39, 0.29) is 12.4 Å². The monoisotopic (exact) mass is 277 g/mol. The number of esters is 1. The second kappa shape index (κ2) is 5.06. The molecule has 0 bridgehead atoms. The third kappa shape index (κ3) is 1.92. The molecule has 0 spiro atoms. The SMILES string of the molecule is COC(=O)CCC1(C#N)c2ccccc2-c2ccccc21. The summed E-state index contributed by atoms with van der Waals surface area (Å²) in [5.41, 5.74) is 3.37. The van der Waals surface area contributed by atoms with Crippen LogP contribution in [0.4, 0.5) is 0 Å². The molecule has 3 rings (SSSR count). The summed E-state index contributed by atoms with van der Waals surface area (Å²) in [5.74, 6) is -0.286. The second-order valence-corrected chi connectivity index (χ2v) is 5.18. The highest BCUT2D eigenvalue weighted by molar-refractivity contribution is 5.83. The molecule has 104 valence electrons. The summed E-state index contributed by atoms with van der Waals surface area (Å²) in [4.78, 5) is 11.5. The lowest BCUT2D eigenvalue weighted by Gasteiger charge is -2.23. The summed E-state index contributed by atoms with van der Waals surface area (Å²) in [5, 5.41) is 9.89. The Morgan fingerprint density at radius 1 is 1.10 bits per heavy atom. The molecule has 2 aromatic carbocycles. The standard InChI is InChI=1S/C18H15NO2/c1-21-17(20)10-11-18(12-19)15-8-4-2-6-13(15)14-7-3-5-9-16(14)18/h2-9H,10-11H2,1H3. The average molecular weight is 277 g/mol. The Morgan fingerprint density at radius 3 is 2.10 bits per heavy atom. The zero-order chi connectivity index (χ0) is 14.9. The van der Waals surface area contributed by atoms with Gasteiger partial charge in [-0.05, 0) is 28.7 Å². The fourth-order valence-corrected chi connectivity index (χ4v) is 3.16. The summed E-state index contributed by atoms with van der Waals surface area (Å²) in [6.07, 6.45) is 0.664. The molecule has 0 atom stereocenters. The maximum Gasteiger partial charge on any atom is 0.305 e. The van der Waals surface area contributed by atoms with Crippen LogP contribution in [0.25, 0.3) is 11.1 Å². The van der Waals surface area contributed by atoms with Crippen molar-refractivity contribution in [1.82, 2.24) is 0 Å². The van der Waals surface area contributed by atoms with Crippen molar-refractivity contribution in [2.45, 2.75) is 18.3 Å². The first kappa shape index (κ1) is 13.4. The van der Waals surface area contributed by atoms with Crippen molar-refractivity contribution in [3.8, 4) is 17.2 Å². The number of nitriles is 1. The number of carbonyl (C=O) groups excluding carboxylic acids is 1. The Balaban J connectivity index is 2.16. The number of ether oxygens (including phenoxy) is 1. The number of benzene rings is 2. The van der Waals surface area contributed by atoms with E-state index in [1.807, 2.05) is 48.5 Å². The Kier molecular flexibility index (Phi) is 3.23. The lowest BCUT2D eigenvalue weighted by molar-refractivity contribution is -0.140. The van der Waals surface area contributed by atoms with E-state index in [0.717, 1.165) is 22.3 Å². The lowest BCUT2D eigenvalue weighted by atomic mass is 9.76. The first-order valence-corrected chi connectivity index (χ1v) is 6.90. The van der Waals surface area contributed by atoms with E-state index in [0.29, 0.717) is 6.42 Å². The van der Waals surface area contributed by atoms with Gasteiger partial charge in [0.2, 0.25) is 0 Å². The summed E-state index contributed by atoms with van der Waals surface area (Å²) in [6.45, 7) is 0. The molecule has 1 aliphatic carbocycles. The zero-order valence-electron chi connectivity index (χ0n) is 11.8. The summed E-state index contributed by atoms with van der Waals surface area (Å²) in [7, 11) is 1.37. The van der Waals surface area contributed by atoms with E-state index >= 15 is 0 Å². The first-order valence-electron chi connectivity index (χ1n) is 6.90. The topological polar surface area (TPSA) is 50.1 Å². The largest absolute Gasteiger partial charge is 0.469 e. The fourth-order valence-electron chi connectivity index (χ4n) is 3.16. The molecule has 0 fully saturated rings. The molecular weight excluding hydrogens is 262 g/mol. The van der Waals surface area contributed by atoms with Crippen LogP contribution in [-0.4, -0.2) is 13.1 Å². The fraction of sp³-hybridized carbons (Fsp3) is 0.222. The quantitative estimate of drug-likeness (QED) is 0.808. The summed E-state index contributed by atoms with van der Waals surface area (Å²) in [6, 6.07) is 18.3. The van der Waals surface area contributed by atoms with Crippen LogP contribution in [0.2, 0.25) is 0 Å². The van der Waals surface area contributed by atoms with Crippen LogP contribution in [0.15, 0.2) is 48.5 Å². The molecule has 0 saturated carbocycles. The van der Waals surface area contributed by atoms with Gasteiger partial charge in [-0.1, -0.05) is 48.5 Å². The van der Waals surface area contributed by atoms with E-state index in [1.54, 1.807) is 0 Å². The van der Waals surface area contributed by atoms with Crippen molar-refractivity contribution in [2.24, 2.45) is 0 Å². The Labute approximate surface area is 123 Å². The minimum Gasteiger partial charge on any atom is -0.469 e. The van der Waals surface area contributed by atoms with Gasteiger partial charge in [0, 0.05) is 6.42 Å². The number of carbonyl (C=O) groups is 1. The number of rotatable bonds is 3. The van der Waals surface area contributed by atoms with Crippen LogP contribution in [0.3, 0.4) is 0 Å². The molecule has 3 nitrogen and oxygen atoms in total. The number of nitrogens with zero attached hydrogens (tertiary/aromatic N) is 1. The van der Waals surface area contributed by atoms with Gasteiger partial charge in [-0.3, -0.25) is 4.79 Å². The molecule has 3 heteroatoms. The molecule has 0 N–H and O–H groups in total. The van der Waals surface area contributed by atoms with E-state index in [4.69, 9.17) is 4.74 Å². The molecule has 2 aromatic rings. The van der Waals surface area contributed by atoms with Crippen LogP contribution < -0.4 is 0 Å². The van der Waals surface area contributed by atoms with Crippen LogP contribution in [0.5, 0.6) is 0 Å². The van der Waals surface area contributed by atoms with E-state index in [1.165, 1.54) is 7.11 Å². The van der Waals surface area contributed by atoms with Crippen molar-refractivity contribution in [1.29, 1.82) is 5.26 Å². The van der Waals surface area contributed by atoms with Crippen LogP contribution in [0.1, 0.15) is 24.0 Å². The van der Waals surface area contributed by atoms with Crippen molar-refractivity contribution in [3.63, 3.8) is 0 Å². The molecule has 0 unspecified atom stereocenters. The van der Waals surface area contributed by atoms with Gasteiger partial charge < -0.3 is 4.74 Å². The third-order valence-electron chi connectivity index (χ3n) is 4.19. The van der Waals surface area contributed by atoms with Gasteiger partial charge in [0.15, 0.2) is 0 Å². The Morgan fingerprint density at radius 2 is 1.62 bits per heavy atom. The Bertz CT molecular complexity index is 697. The molecule has 1 aliphatic rings. The van der Waals surface area contributed by atoms with Crippen LogP contribution in [0, 0.1) is 11.3 Å². The van der Waals surface area contributed by atoms with Gasteiger partial charge in [-0.25, -0.2) is 0 Å². The molecule has 0 saturated heterocycles. The smallest absolute Gasteiger partial charge is 0.305 e. The third-order valence-corrected chi connectivity index (χ3v) is 4.19. The predicted molar refractivity (Wildman–Crippen MR) is 79.5 cm³/mol. The van der Waals surface area contributed by atoms with Crippen molar-refractivity contribution in [2.75, 3.05) is 7.11 Å². The maximum atomic E-state index is 11.5. The highest BCUT2D eigenvalue weighted by Crippen LogP contribution is 2.50. The number of hydrogen-bond donors (Lipinski definition) is 0. The van der Waals surface area contributed by atoms with Gasteiger partial charge >= 0.3 is 5.97 Å². The molecule has 0 aliphatic heterocycles. The minimum absolute atomic E-state index is 0.229. The zero-order valence-corrected chi connectivity index (χ0v) is 11.8. The van der Waals surface area contributed by atoms with Crippen molar-refractivity contribution in [3.05, 3.63) is 59.7 Å². The average Bonchev–Trinajstić information content (AvgIpc) is 2.84. The van der Waals surface area contributed by atoms with Gasteiger partial charge in [0.1, 0.15) is 5.41 Å². The summed E-state index contributed by atoms with van der Waals surface area (Å²) >= 11 is 0. The molecule has 0 heterocycles. The minimum atomic E-state index is -0.763. The maximum absolute atomic E-state index is 11.5. The predicted octanol–water partition coefficient (Wildman–Crippen LogP) is 3.43. The van der Waals surface area contributed by atoms with Crippen LogP contribution in [-0.2, 0) is 14.9 Å². The highest BCUT2D eigenvalue weighted by atomic mass is 16.5. The van der Waals surface area contributed by atoms with Gasteiger partial charge in [-0.15, -0.1) is 0 Å². The van der Waals surface area contributed by atoms with Gasteiger partial charge in [0.25, 0.3) is 0 Å². The molecule has 0 radical (unpaired) electrons. The lowest BCUT2D eigenvalue weighted by Crippen LogP contribution is -2.24. The normalized spacial score (nSPS) is 13.9. The van der Waals surface area contributed by atoms with E-state index in [9.17, 15) is 10.1 Å². The van der Waals surface area contributed by atoms with Crippen molar-refractivity contribution < 1.29 is 9.53 Å². The number of methoxy groups -OCH3 is 1. The molecule has 0 aromatic heterocycles. The van der Waals surface area contributed by atoms with Gasteiger partial charge in [0.05, 0.1) is 13.2 Å². The van der Waals surface area contributed by atoms with E-state index < -0.39 is 5.41 Å². The second-order valence-electron chi connectivity index (χ2n) is 5.18. The highest BCUT2D eigenvalue weighted by Gasteiger charge is 2.43. The first-order chi connectivity index (χ1) is 10.2. The molecule has 0 amide bonds.